The van der Waals surface area contributed by atoms with Crippen LogP contribution in [0.15, 0.2) is 42.5 Å². The standard InChI is InChI=1S/C19H16F2N2O/c1-11-17(13-4-2-3-5-15(13)22-11)19(8-9-19)18(24)23-16-7-6-12(20)10-14(16)21/h2-7,10,22H,8-9H2,1H3,(H,23,24). The molecule has 0 aliphatic heterocycles. The summed E-state index contributed by atoms with van der Waals surface area (Å²) < 4.78 is 26.9. The fraction of sp³-hybridized carbons (Fsp3) is 0.211. The molecule has 0 saturated heterocycles. The number of halogens is 2. The average Bonchev–Trinajstić information content (AvgIpc) is 3.27. The molecule has 5 heteroatoms. The lowest BCUT2D eigenvalue weighted by Crippen LogP contribution is -2.28. The number of aromatic nitrogens is 1. The van der Waals surface area contributed by atoms with Gasteiger partial charge in [0, 0.05) is 22.7 Å². The summed E-state index contributed by atoms with van der Waals surface area (Å²) in [6.07, 6.45) is 1.43. The Morgan fingerprint density at radius 1 is 1.17 bits per heavy atom. The number of carbonyl (C=O) groups excluding carboxylic acids is 1. The molecule has 0 atom stereocenters. The van der Waals surface area contributed by atoms with Gasteiger partial charge in [-0.3, -0.25) is 4.79 Å². The molecule has 2 aromatic carbocycles. The molecule has 0 unspecified atom stereocenters. The number of amides is 1. The van der Waals surface area contributed by atoms with Crippen LogP contribution in [0.1, 0.15) is 24.1 Å². The third kappa shape index (κ3) is 2.19. The maximum Gasteiger partial charge on any atom is 0.235 e. The number of fused-ring (bicyclic) bond motifs is 1. The van der Waals surface area contributed by atoms with E-state index in [-0.39, 0.29) is 11.6 Å². The summed E-state index contributed by atoms with van der Waals surface area (Å²) in [4.78, 5) is 16.1. The summed E-state index contributed by atoms with van der Waals surface area (Å²) >= 11 is 0. The summed E-state index contributed by atoms with van der Waals surface area (Å²) in [5.41, 5.74) is 2.26. The second-order valence-corrected chi connectivity index (χ2v) is 6.33. The molecule has 1 amide bonds. The van der Waals surface area contributed by atoms with E-state index in [2.05, 4.69) is 10.3 Å². The van der Waals surface area contributed by atoms with Gasteiger partial charge in [0.25, 0.3) is 0 Å². The van der Waals surface area contributed by atoms with Crippen molar-refractivity contribution in [3.8, 4) is 0 Å². The Kier molecular flexibility index (Phi) is 3.20. The van der Waals surface area contributed by atoms with Crippen LogP contribution in [0.3, 0.4) is 0 Å². The summed E-state index contributed by atoms with van der Waals surface area (Å²) in [7, 11) is 0. The number of carbonyl (C=O) groups is 1. The van der Waals surface area contributed by atoms with E-state index in [1.807, 2.05) is 31.2 Å². The highest BCUT2D eigenvalue weighted by molar-refractivity contribution is 6.05. The summed E-state index contributed by atoms with van der Waals surface area (Å²) in [6.45, 7) is 1.95. The normalized spacial score (nSPS) is 15.5. The van der Waals surface area contributed by atoms with Crippen LogP contribution >= 0.6 is 0 Å². The van der Waals surface area contributed by atoms with E-state index in [9.17, 15) is 13.6 Å². The van der Waals surface area contributed by atoms with Gasteiger partial charge < -0.3 is 10.3 Å². The number of para-hydroxylation sites is 1. The van der Waals surface area contributed by atoms with Crippen molar-refractivity contribution in [1.82, 2.24) is 4.98 Å². The number of aromatic amines is 1. The van der Waals surface area contributed by atoms with Gasteiger partial charge in [-0.25, -0.2) is 8.78 Å². The quantitative estimate of drug-likeness (QED) is 0.735. The van der Waals surface area contributed by atoms with Gasteiger partial charge in [-0.2, -0.15) is 0 Å². The first kappa shape index (κ1) is 14.9. The Morgan fingerprint density at radius 3 is 2.62 bits per heavy atom. The summed E-state index contributed by atoms with van der Waals surface area (Å²) in [6, 6.07) is 11.0. The van der Waals surface area contributed by atoms with Crippen molar-refractivity contribution in [2.45, 2.75) is 25.2 Å². The molecule has 0 bridgehead atoms. The number of rotatable bonds is 3. The molecule has 1 aliphatic rings. The van der Waals surface area contributed by atoms with Crippen LogP contribution in [0.2, 0.25) is 0 Å². The van der Waals surface area contributed by atoms with E-state index in [1.54, 1.807) is 0 Å². The molecular formula is C19H16F2N2O. The van der Waals surface area contributed by atoms with Crippen molar-refractivity contribution in [3.05, 3.63) is 65.4 Å². The van der Waals surface area contributed by atoms with Crippen LogP contribution in [-0.2, 0) is 10.2 Å². The molecule has 0 spiro atoms. The van der Waals surface area contributed by atoms with Gasteiger partial charge in [-0.05, 0) is 43.5 Å². The lowest BCUT2D eigenvalue weighted by molar-refractivity contribution is -0.118. The van der Waals surface area contributed by atoms with Gasteiger partial charge in [-0.1, -0.05) is 18.2 Å². The number of nitrogens with one attached hydrogen (secondary N) is 2. The maximum absolute atomic E-state index is 13.8. The van der Waals surface area contributed by atoms with Gasteiger partial charge in [0.1, 0.15) is 11.6 Å². The minimum Gasteiger partial charge on any atom is -0.358 e. The summed E-state index contributed by atoms with van der Waals surface area (Å²) in [5.74, 6) is -1.69. The Bertz CT molecular complexity index is 957. The SMILES string of the molecule is Cc1[nH]c2ccccc2c1C1(C(=O)Nc2ccc(F)cc2F)CC1. The van der Waals surface area contributed by atoms with E-state index in [0.717, 1.165) is 34.3 Å². The van der Waals surface area contributed by atoms with Crippen LogP contribution < -0.4 is 5.32 Å². The first-order valence-corrected chi connectivity index (χ1v) is 7.85. The second-order valence-electron chi connectivity index (χ2n) is 6.33. The van der Waals surface area contributed by atoms with Crippen molar-refractivity contribution in [1.29, 1.82) is 0 Å². The monoisotopic (exact) mass is 326 g/mol. The van der Waals surface area contributed by atoms with Crippen molar-refractivity contribution < 1.29 is 13.6 Å². The Morgan fingerprint density at radius 2 is 1.92 bits per heavy atom. The smallest absolute Gasteiger partial charge is 0.235 e. The van der Waals surface area contributed by atoms with Gasteiger partial charge in [0.05, 0.1) is 11.1 Å². The van der Waals surface area contributed by atoms with Crippen molar-refractivity contribution in [3.63, 3.8) is 0 Å². The lowest BCUT2D eigenvalue weighted by Gasteiger charge is -2.17. The van der Waals surface area contributed by atoms with Crippen LogP contribution in [0.25, 0.3) is 10.9 Å². The van der Waals surface area contributed by atoms with Crippen LogP contribution in [0, 0.1) is 18.6 Å². The number of anilines is 1. The molecule has 1 aromatic heterocycles. The Hall–Kier alpha value is -2.69. The number of hydrogen-bond donors (Lipinski definition) is 2. The zero-order chi connectivity index (χ0) is 16.9. The van der Waals surface area contributed by atoms with Crippen LogP contribution in [0.5, 0.6) is 0 Å². The topological polar surface area (TPSA) is 44.9 Å². The molecule has 0 radical (unpaired) electrons. The van der Waals surface area contributed by atoms with E-state index < -0.39 is 17.0 Å². The number of aryl methyl sites for hydroxylation is 1. The minimum atomic E-state index is -0.769. The largest absolute Gasteiger partial charge is 0.358 e. The van der Waals surface area contributed by atoms with Gasteiger partial charge in [0.2, 0.25) is 5.91 Å². The Labute approximate surface area is 137 Å². The van der Waals surface area contributed by atoms with E-state index in [4.69, 9.17) is 0 Å². The highest BCUT2D eigenvalue weighted by Crippen LogP contribution is 2.52. The first-order valence-electron chi connectivity index (χ1n) is 7.85. The molecule has 3 aromatic rings. The molecule has 1 fully saturated rings. The number of benzene rings is 2. The number of H-pyrrole nitrogens is 1. The van der Waals surface area contributed by atoms with E-state index in [1.165, 1.54) is 6.07 Å². The molecule has 2 N–H and O–H groups in total. The molecule has 1 saturated carbocycles. The van der Waals surface area contributed by atoms with Crippen molar-refractivity contribution in [2.24, 2.45) is 0 Å². The fourth-order valence-corrected chi connectivity index (χ4v) is 3.44. The molecule has 1 heterocycles. The number of hydrogen-bond acceptors (Lipinski definition) is 1. The average molecular weight is 326 g/mol. The maximum atomic E-state index is 13.8. The zero-order valence-electron chi connectivity index (χ0n) is 13.1. The predicted octanol–water partition coefficient (Wildman–Crippen LogP) is 4.42. The van der Waals surface area contributed by atoms with E-state index in [0.29, 0.717) is 12.8 Å². The van der Waals surface area contributed by atoms with E-state index >= 15 is 0 Å². The molecule has 24 heavy (non-hydrogen) atoms. The predicted molar refractivity (Wildman–Crippen MR) is 88.9 cm³/mol. The van der Waals surface area contributed by atoms with Gasteiger partial charge >= 0.3 is 0 Å². The third-order valence-electron chi connectivity index (χ3n) is 4.74. The lowest BCUT2D eigenvalue weighted by atomic mass is 9.92. The molecule has 4 rings (SSSR count). The van der Waals surface area contributed by atoms with Gasteiger partial charge in [0.15, 0.2) is 0 Å². The minimum absolute atomic E-state index is 0.00479. The highest BCUT2D eigenvalue weighted by atomic mass is 19.1. The van der Waals surface area contributed by atoms with Crippen molar-refractivity contribution in [2.75, 3.05) is 5.32 Å². The molecular weight excluding hydrogens is 310 g/mol. The van der Waals surface area contributed by atoms with Crippen molar-refractivity contribution >= 4 is 22.5 Å². The second kappa shape index (κ2) is 5.16. The third-order valence-corrected chi connectivity index (χ3v) is 4.74. The molecule has 122 valence electrons. The van der Waals surface area contributed by atoms with Crippen LogP contribution in [-0.4, -0.2) is 10.9 Å². The fourth-order valence-electron chi connectivity index (χ4n) is 3.44. The zero-order valence-corrected chi connectivity index (χ0v) is 13.1. The van der Waals surface area contributed by atoms with Crippen LogP contribution in [0.4, 0.5) is 14.5 Å². The summed E-state index contributed by atoms with van der Waals surface area (Å²) in [5, 5.41) is 3.64. The molecule has 3 nitrogen and oxygen atoms in total. The van der Waals surface area contributed by atoms with Gasteiger partial charge in [-0.15, -0.1) is 0 Å². The highest BCUT2D eigenvalue weighted by Gasteiger charge is 2.53. The molecule has 1 aliphatic carbocycles. The first-order chi connectivity index (χ1) is 11.5. The Balaban J connectivity index is 1.72.